The number of ether oxygens (including phenoxy) is 1. The van der Waals surface area contributed by atoms with Crippen LogP contribution in [0.15, 0.2) is 36.4 Å². The first-order valence-corrected chi connectivity index (χ1v) is 5.71. The van der Waals surface area contributed by atoms with E-state index in [2.05, 4.69) is 11.9 Å². The van der Waals surface area contributed by atoms with E-state index in [-0.39, 0.29) is 5.91 Å². The summed E-state index contributed by atoms with van der Waals surface area (Å²) in [5.74, 6) is 0.406. The molecule has 1 aromatic rings. The topological polar surface area (TPSA) is 38.3 Å². The van der Waals surface area contributed by atoms with Gasteiger partial charge in [-0.25, -0.2) is 0 Å². The number of benzene rings is 1. The van der Waals surface area contributed by atoms with Crippen LogP contribution >= 0.6 is 11.6 Å². The largest absolute Gasteiger partial charge is 0.481 e. The Morgan fingerprint density at radius 1 is 1.59 bits per heavy atom. The fourth-order valence-electron chi connectivity index (χ4n) is 1.18. The Bertz CT molecular complexity index is 418. The van der Waals surface area contributed by atoms with E-state index >= 15 is 0 Å². The summed E-state index contributed by atoms with van der Waals surface area (Å²) in [5, 5.41) is 3.30. The minimum Gasteiger partial charge on any atom is -0.481 e. The lowest BCUT2D eigenvalue weighted by atomic mass is 10.3. The fourth-order valence-corrected chi connectivity index (χ4v) is 1.36. The molecule has 1 unspecified atom stereocenters. The van der Waals surface area contributed by atoms with Gasteiger partial charge in [-0.2, -0.15) is 0 Å². The van der Waals surface area contributed by atoms with Crippen LogP contribution in [0.3, 0.4) is 0 Å². The molecular formula is C13H16ClNO2. The second-order valence-corrected chi connectivity index (χ2v) is 4.33. The van der Waals surface area contributed by atoms with Gasteiger partial charge in [0.2, 0.25) is 0 Å². The van der Waals surface area contributed by atoms with Crippen molar-refractivity contribution in [3.63, 3.8) is 0 Å². The summed E-state index contributed by atoms with van der Waals surface area (Å²) in [6.07, 6.45) is -0.562. The lowest BCUT2D eigenvalue weighted by molar-refractivity contribution is -0.127. The average Bonchev–Trinajstić information content (AvgIpc) is 2.25. The first kappa shape index (κ1) is 13.6. The molecule has 0 aliphatic rings. The van der Waals surface area contributed by atoms with Gasteiger partial charge < -0.3 is 10.1 Å². The third kappa shape index (κ3) is 4.91. The highest BCUT2D eigenvalue weighted by Gasteiger charge is 2.13. The second-order valence-electron chi connectivity index (χ2n) is 3.89. The molecule has 0 aliphatic carbocycles. The molecule has 0 spiro atoms. The predicted octanol–water partition coefficient (Wildman–Crippen LogP) is 2.80. The standard InChI is InChI=1S/C13H16ClNO2/c1-9(2)8-15-13(16)10(3)17-12-6-4-5-11(14)7-12/h4-7,10H,1,8H2,2-3H3,(H,15,16). The van der Waals surface area contributed by atoms with E-state index in [4.69, 9.17) is 16.3 Å². The molecule has 92 valence electrons. The normalized spacial score (nSPS) is 11.7. The molecule has 0 aromatic heterocycles. The Balaban J connectivity index is 2.51. The summed E-state index contributed by atoms with van der Waals surface area (Å²) in [5.41, 5.74) is 0.897. The van der Waals surface area contributed by atoms with Crippen molar-refractivity contribution in [1.82, 2.24) is 5.32 Å². The Labute approximate surface area is 106 Å². The molecule has 0 aliphatic heterocycles. The van der Waals surface area contributed by atoms with Crippen LogP contribution in [0.25, 0.3) is 0 Å². The SMILES string of the molecule is C=C(C)CNC(=O)C(C)Oc1cccc(Cl)c1. The number of amides is 1. The van der Waals surface area contributed by atoms with Gasteiger partial charge >= 0.3 is 0 Å². The van der Waals surface area contributed by atoms with Crippen LogP contribution in [0.4, 0.5) is 0 Å². The maximum atomic E-state index is 11.6. The van der Waals surface area contributed by atoms with Crippen molar-refractivity contribution >= 4 is 17.5 Å². The van der Waals surface area contributed by atoms with Crippen LogP contribution < -0.4 is 10.1 Å². The van der Waals surface area contributed by atoms with Gasteiger partial charge in [0.25, 0.3) is 5.91 Å². The van der Waals surface area contributed by atoms with Crippen molar-refractivity contribution in [2.24, 2.45) is 0 Å². The number of halogens is 1. The molecule has 1 N–H and O–H groups in total. The van der Waals surface area contributed by atoms with E-state index < -0.39 is 6.10 Å². The van der Waals surface area contributed by atoms with Crippen LogP contribution in [-0.2, 0) is 4.79 Å². The van der Waals surface area contributed by atoms with Gasteiger partial charge in [0, 0.05) is 11.6 Å². The average molecular weight is 254 g/mol. The highest BCUT2D eigenvalue weighted by molar-refractivity contribution is 6.30. The van der Waals surface area contributed by atoms with E-state index in [1.807, 2.05) is 6.92 Å². The van der Waals surface area contributed by atoms with Gasteiger partial charge in [0.1, 0.15) is 5.75 Å². The van der Waals surface area contributed by atoms with E-state index in [1.165, 1.54) is 0 Å². The fraction of sp³-hybridized carbons (Fsp3) is 0.308. The van der Waals surface area contributed by atoms with Crippen LogP contribution in [0.5, 0.6) is 5.75 Å². The second kappa shape index (κ2) is 6.30. The zero-order valence-corrected chi connectivity index (χ0v) is 10.8. The molecule has 0 bridgehead atoms. The molecule has 0 saturated heterocycles. The summed E-state index contributed by atoms with van der Waals surface area (Å²) >= 11 is 5.82. The smallest absolute Gasteiger partial charge is 0.261 e. The minimum absolute atomic E-state index is 0.173. The quantitative estimate of drug-likeness (QED) is 0.820. The summed E-state index contributed by atoms with van der Waals surface area (Å²) in [7, 11) is 0. The molecule has 0 radical (unpaired) electrons. The molecule has 17 heavy (non-hydrogen) atoms. The van der Waals surface area contributed by atoms with Gasteiger partial charge in [0.15, 0.2) is 6.10 Å². The van der Waals surface area contributed by atoms with E-state index in [9.17, 15) is 4.79 Å². The molecule has 0 fully saturated rings. The molecular weight excluding hydrogens is 238 g/mol. The summed E-state index contributed by atoms with van der Waals surface area (Å²) in [4.78, 5) is 11.6. The van der Waals surface area contributed by atoms with E-state index in [0.717, 1.165) is 5.57 Å². The number of carbonyl (C=O) groups is 1. The molecule has 1 rings (SSSR count). The molecule has 4 heteroatoms. The number of hydrogen-bond donors (Lipinski definition) is 1. The Morgan fingerprint density at radius 3 is 2.88 bits per heavy atom. The highest BCUT2D eigenvalue weighted by atomic mass is 35.5. The van der Waals surface area contributed by atoms with E-state index in [1.54, 1.807) is 31.2 Å². The van der Waals surface area contributed by atoms with Crippen LogP contribution in [-0.4, -0.2) is 18.6 Å². The Kier molecular flexibility index (Phi) is 5.04. The predicted molar refractivity (Wildman–Crippen MR) is 69.4 cm³/mol. The number of nitrogens with one attached hydrogen (secondary N) is 1. The first-order valence-electron chi connectivity index (χ1n) is 5.33. The molecule has 1 aromatic carbocycles. The van der Waals surface area contributed by atoms with Crippen LogP contribution in [0.1, 0.15) is 13.8 Å². The third-order valence-corrected chi connectivity index (χ3v) is 2.28. The first-order chi connectivity index (χ1) is 7.99. The zero-order valence-electron chi connectivity index (χ0n) is 10.00. The van der Waals surface area contributed by atoms with Crippen molar-refractivity contribution in [3.8, 4) is 5.75 Å². The van der Waals surface area contributed by atoms with Crippen molar-refractivity contribution in [2.75, 3.05) is 6.54 Å². The van der Waals surface area contributed by atoms with Gasteiger partial charge in [-0.05, 0) is 32.0 Å². The maximum absolute atomic E-state index is 11.6. The number of hydrogen-bond acceptors (Lipinski definition) is 2. The molecule has 1 amide bonds. The molecule has 0 heterocycles. The van der Waals surface area contributed by atoms with E-state index in [0.29, 0.717) is 17.3 Å². The van der Waals surface area contributed by atoms with Gasteiger partial charge in [-0.3, -0.25) is 4.79 Å². The van der Waals surface area contributed by atoms with Crippen molar-refractivity contribution < 1.29 is 9.53 Å². The monoisotopic (exact) mass is 253 g/mol. The lowest BCUT2D eigenvalue weighted by Crippen LogP contribution is -2.37. The summed E-state index contributed by atoms with van der Waals surface area (Å²) < 4.78 is 5.46. The van der Waals surface area contributed by atoms with Crippen LogP contribution in [0.2, 0.25) is 5.02 Å². The molecule has 0 saturated carbocycles. The summed E-state index contributed by atoms with van der Waals surface area (Å²) in [6.45, 7) is 7.71. The highest BCUT2D eigenvalue weighted by Crippen LogP contribution is 2.18. The van der Waals surface area contributed by atoms with Gasteiger partial charge in [0.05, 0.1) is 0 Å². The molecule has 3 nitrogen and oxygen atoms in total. The van der Waals surface area contributed by atoms with Crippen molar-refractivity contribution in [3.05, 3.63) is 41.4 Å². The summed E-state index contributed by atoms with van der Waals surface area (Å²) in [6, 6.07) is 6.95. The number of carbonyl (C=O) groups excluding carboxylic acids is 1. The van der Waals surface area contributed by atoms with Crippen molar-refractivity contribution in [2.45, 2.75) is 20.0 Å². The number of rotatable bonds is 5. The Hall–Kier alpha value is -1.48. The van der Waals surface area contributed by atoms with Crippen molar-refractivity contribution in [1.29, 1.82) is 0 Å². The zero-order chi connectivity index (χ0) is 12.8. The lowest BCUT2D eigenvalue weighted by Gasteiger charge is -2.14. The van der Waals surface area contributed by atoms with Crippen LogP contribution in [0, 0.1) is 0 Å². The maximum Gasteiger partial charge on any atom is 0.261 e. The third-order valence-electron chi connectivity index (χ3n) is 2.04. The minimum atomic E-state index is -0.562. The van der Waals surface area contributed by atoms with Gasteiger partial charge in [-0.15, -0.1) is 0 Å². The van der Waals surface area contributed by atoms with Gasteiger partial charge in [-0.1, -0.05) is 29.8 Å². The Morgan fingerprint density at radius 2 is 2.29 bits per heavy atom. The molecule has 1 atom stereocenters.